The van der Waals surface area contributed by atoms with Crippen molar-refractivity contribution in [2.45, 2.75) is 27.3 Å². The number of aromatic nitrogens is 1. The monoisotopic (exact) mass is 261 g/mol. The molecule has 94 valence electrons. The topological polar surface area (TPSA) is 22.0 Å². The van der Waals surface area contributed by atoms with E-state index in [1.807, 2.05) is 43.5 Å². The molecule has 0 unspecified atom stereocenters. The summed E-state index contributed by atoms with van der Waals surface area (Å²) in [6.45, 7) is 6.77. The first kappa shape index (κ1) is 12.9. The summed E-state index contributed by atoms with van der Waals surface area (Å²) >= 11 is 6.28. The minimum absolute atomic E-state index is 0.547. The maximum absolute atomic E-state index is 11.2. The van der Waals surface area contributed by atoms with E-state index in [-0.39, 0.29) is 0 Å². The van der Waals surface area contributed by atoms with Crippen LogP contribution in [0.25, 0.3) is 10.9 Å². The molecule has 0 N–H and O–H groups in total. The molecule has 18 heavy (non-hydrogen) atoms. The van der Waals surface area contributed by atoms with Crippen LogP contribution in [0.1, 0.15) is 29.9 Å². The minimum atomic E-state index is 0.547. The molecule has 0 atom stereocenters. The average molecular weight is 262 g/mol. The van der Waals surface area contributed by atoms with Crippen LogP contribution in [0.3, 0.4) is 0 Å². The Hall–Kier alpha value is -1.54. The van der Waals surface area contributed by atoms with Crippen molar-refractivity contribution in [2.75, 3.05) is 0 Å². The van der Waals surface area contributed by atoms with Gasteiger partial charge in [-0.25, -0.2) is 0 Å². The Morgan fingerprint density at radius 1 is 1.39 bits per heavy atom. The molecule has 0 aliphatic heterocycles. The van der Waals surface area contributed by atoms with Crippen LogP contribution in [0, 0.1) is 6.92 Å². The zero-order chi connectivity index (χ0) is 13.3. The van der Waals surface area contributed by atoms with E-state index in [0.29, 0.717) is 17.3 Å². The van der Waals surface area contributed by atoms with Gasteiger partial charge in [0.25, 0.3) is 0 Å². The number of allylic oxidation sites excluding steroid dienone is 2. The zero-order valence-electron chi connectivity index (χ0n) is 10.8. The molecular formula is C15H16ClNO. The lowest BCUT2D eigenvalue weighted by molar-refractivity contribution is 0.111. The molecule has 0 radical (unpaired) electrons. The van der Waals surface area contributed by atoms with Gasteiger partial charge in [0.15, 0.2) is 6.29 Å². The van der Waals surface area contributed by atoms with E-state index in [9.17, 15) is 4.79 Å². The fourth-order valence-electron chi connectivity index (χ4n) is 2.03. The molecule has 3 heteroatoms. The molecule has 2 nitrogen and oxygen atoms in total. The number of hydrogen-bond donors (Lipinski definition) is 0. The molecule has 2 rings (SSSR count). The maximum atomic E-state index is 11.2. The first-order valence-corrected chi connectivity index (χ1v) is 6.29. The van der Waals surface area contributed by atoms with Crippen LogP contribution in [0.2, 0.25) is 5.02 Å². The van der Waals surface area contributed by atoms with E-state index < -0.39 is 0 Å². The van der Waals surface area contributed by atoms with Crippen molar-refractivity contribution in [3.63, 3.8) is 0 Å². The molecule has 0 aliphatic rings. The van der Waals surface area contributed by atoms with Crippen LogP contribution in [0.15, 0.2) is 29.8 Å². The number of halogens is 1. The summed E-state index contributed by atoms with van der Waals surface area (Å²) in [7, 11) is 0. The number of hydrogen-bond acceptors (Lipinski definition) is 1. The molecule has 1 aromatic carbocycles. The molecule has 2 aromatic rings. The van der Waals surface area contributed by atoms with Crippen molar-refractivity contribution in [3.05, 3.63) is 46.1 Å². The smallest absolute Gasteiger partial charge is 0.168 e. The largest absolute Gasteiger partial charge is 0.333 e. The van der Waals surface area contributed by atoms with Gasteiger partial charge in [0.2, 0.25) is 0 Å². The lowest BCUT2D eigenvalue weighted by atomic mass is 10.2. The molecule has 0 amide bonds. The fraction of sp³-hybridized carbons (Fsp3) is 0.267. The van der Waals surface area contributed by atoms with Gasteiger partial charge >= 0.3 is 0 Å². The Morgan fingerprint density at radius 3 is 2.72 bits per heavy atom. The number of carbonyl (C=O) groups is 1. The van der Waals surface area contributed by atoms with Gasteiger partial charge in [-0.1, -0.05) is 34.9 Å². The Kier molecular flexibility index (Phi) is 3.58. The third-order valence-corrected chi connectivity index (χ3v) is 3.39. The lowest BCUT2D eigenvalue weighted by Crippen LogP contribution is -2.00. The summed E-state index contributed by atoms with van der Waals surface area (Å²) in [6.07, 6.45) is 2.92. The van der Waals surface area contributed by atoms with Gasteiger partial charge in [-0.05, 0) is 32.9 Å². The maximum Gasteiger partial charge on any atom is 0.168 e. The van der Waals surface area contributed by atoms with Crippen LogP contribution in [0.5, 0.6) is 0 Å². The molecule has 1 heterocycles. The number of carbonyl (C=O) groups excluding carboxylic acids is 1. The number of aryl methyl sites for hydroxylation is 1. The van der Waals surface area contributed by atoms with E-state index in [1.165, 1.54) is 5.57 Å². The van der Waals surface area contributed by atoms with Gasteiger partial charge in [0.1, 0.15) is 5.69 Å². The summed E-state index contributed by atoms with van der Waals surface area (Å²) in [5.74, 6) is 0. The number of benzene rings is 1. The highest BCUT2D eigenvalue weighted by Crippen LogP contribution is 2.30. The van der Waals surface area contributed by atoms with Crippen molar-refractivity contribution in [1.29, 1.82) is 0 Å². The highest BCUT2D eigenvalue weighted by Gasteiger charge is 2.14. The second kappa shape index (κ2) is 4.99. The number of nitrogens with zero attached hydrogens (tertiary/aromatic N) is 1. The first-order chi connectivity index (χ1) is 8.54. The van der Waals surface area contributed by atoms with Crippen LogP contribution < -0.4 is 0 Å². The number of fused-ring (bicyclic) bond motifs is 1. The molecule has 0 spiro atoms. The van der Waals surface area contributed by atoms with E-state index in [0.717, 1.165) is 22.8 Å². The van der Waals surface area contributed by atoms with Gasteiger partial charge in [-0.3, -0.25) is 4.79 Å². The Morgan fingerprint density at radius 2 is 2.11 bits per heavy atom. The van der Waals surface area contributed by atoms with Gasteiger partial charge in [0.05, 0.1) is 10.5 Å². The predicted octanol–water partition coefficient (Wildman–Crippen LogP) is 4.38. The van der Waals surface area contributed by atoms with Crippen LogP contribution >= 0.6 is 11.6 Å². The standard InChI is InChI=1S/C15H16ClNO/c1-10(2)6-7-17-13-5-4-11(3)8-12(13)15(16)14(17)9-18/h4-6,8-9H,7H2,1-3H3. The fourth-order valence-corrected chi connectivity index (χ4v) is 2.33. The summed E-state index contributed by atoms with van der Waals surface area (Å²) in [6, 6.07) is 6.07. The molecule has 0 aliphatic carbocycles. The molecule has 0 bridgehead atoms. The minimum Gasteiger partial charge on any atom is -0.333 e. The molecule has 0 saturated heterocycles. The molecule has 1 aromatic heterocycles. The second-order valence-electron chi connectivity index (χ2n) is 4.73. The first-order valence-electron chi connectivity index (χ1n) is 5.91. The molecule has 0 saturated carbocycles. The third kappa shape index (κ3) is 2.21. The van der Waals surface area contributed by atoms with Crippen molar-refractivity contribution in [1.82, 2.24) is 4.57 Å². The van der Waals surface area contributed by atoms with Gasteiger partial charge < -0.3 is 4.57 Å². The predicted molar refractivity (Wildman–Crippen MR) is 76.5 cm³/mol. The number of rotatable bonds is 3. The van der Waals surface area contributed by atoms with Crippen molar-refractivity contribution in [2.24, 2.45) is 0 Å². The third-order valence-electron chi connectivity index (χ3n) is 2.99. The van der Waals surface area contributed by atoms with Crippen LogP contribution in [0.4, 0.5) is 0 Å². The lowest BCUT2D eigenvalue weighted by Gasteiger charge is -2.04. The normalized spacial score (nSPS) is 10.7. The second-order valence-corrected chi connectivity index (χ2v) is 5.11. The van der Waals surface area contributed by atoms with E-state index in [1.54, 1.807) is 0 Å². The van der Waals surface area contributed by atoms with Crippen molar-refractivity contribution in [3.8, 4) is 0 Å². The van der Waals surface area contributed by atoms with Gasteiger partial charge in [-0.2, -0.15) is 0 Å². The molecular weight excluding hydrogens is 246 g/mol. The van der Waals surface area contributed by atoms with Crippen molar-refractivity contribution >= 4 is 28.8 Å². The number of aldehydes is 1. The quantitative estimate of drug-likeness (QED) is 0.594. The van der Waals surface area contributed by atoms with Gasteiger partial charge in [-0.15, -0.1) is 0 Å². The molecule has 0 fully saturated rings. The van der Waals surface area contributed by atoms with Gasteiger partial charge in [0, 0.05) is 11.9 Å². The Balaban J connectivity index is 2.69. The highest BCUT2D eigenvalue weighted by atomic mass is 35.5. The highest BCUT2D eigenvalue weighted by molar-refractivity contribution is 6.38. The Labute approximate surface area is 112 Å². The zero-order valence-corrected chi connectivity index (χ0v) is 11.6. The van der Waals surface area contributed by atoms with Crippen molar-refractivity contribution < 1.29 is 4.79 Å². The SMILES string of the molecule is CC(C)=CCn1c(C=O)c(Cl)c2cc(C)ccc21. The summed E-state index contributed by atoms with van der Waals surface area (Å²) < 4.78 is 1.96. The average Bonchev–Trinajstić information content (AvgIpc) is 2.59. The van der Waals surface area contributed by atoms with E-state index >= 15 is 0 Å². The van der Waals surface area contributed by atoms with E-state index in [4.69, 9.17) is 11.6 Å². The summed E-state index contributed by atoms with van der Waals surface area (Å²) in [5, 5.41) is 1.49. The summed E-state index contributed by atoms with van der Waals surface area (Å²) in [5.41, 5.74) is 3.91. The van der Waals surface area contributed by atoms with Crippen LogP contribution in [-0.4, -0.2) is 10.9 Å². The van der Waals surface area contributed by atoms with E-state index in [2.05, 4.69) is 6.08 Å². The van der Waals surface area contributed by atoms with Crippen LogP contribution in [-0.2, 0) is 6.54 Å². The summed E-state index contributed by atoms with van der Waals surface area (Å²) in [4.78, 5) is 11.2. The Bertz CT molecular complexity index is 633.